The summed E-state index contributed by atoms with van der Waals surface area (Å²) in [5, 5.41) is 12.9. The summed E-state index contributed by atoms with van der Waals surface area (Å²) in [5.41, 5.74) is 1.43. The van der Waals surface area contributed by atoms with Gasteiger partial charge in [-0.15, -0.1) is 11.3 Å². The number of hydrogen-bond acceptors (Lipinski definition) is 4. The van der Waals surface area contributed by atoms with Crippen molar-refractivity contribution in [1.82, 2.24) is 9.55 Å². The van der Waals surface area contributed by atoms with Crippen molar-refractivity contribution in [2.24, 2.45) is 0 Å². The molecular formula is C15H14N2O2S. The summed E-state index contributed by atoms with van der Waals surface area (Å²) >= 11 is 1.27. The van der Waals surface area contributed by atoms with Crippen LogP contribution in [0.4, 0.5) is 0 Å². The average Bonchev–Trinajstić information content (AvgIpc) is 3.12. The first-order chi connectivity index (χ1) is 9.70. The lowest BCUT2D eigenvalue weighted by Gasteiger charge is -2.03. The molecule has 3 rings (SSSR count). The molecule has 0 unspecified atom stereocenters. The number of aliphatic hydroxyl groups excluding tert-OH is 1. The minimum Gasteiger partial charge on any atom is -0.387 e. The van der Waals surface area contributed by atoms with Crippen LogP contribution in [-0.4, -0.2) is 20.6 Å². The van der Waals surface area contributed by atoms with Crippen LogP contribution in [0.5, 0.6) is 0 Å². The van der Waals surface area contributed by atoms with E-state index in [0.29, 0.717) is 17.1 Å². The average molecular weight is 286 g/mol. The molecule has 5 heteroatoms. The highest BCUT2D eigenvalue weighted by molar-refractivity contribution is 7.11. The topological polar surface area (TPSA) is 55.1 Å². The number of rotatable bonds is 3. The lowest BCUT2D eigenvalue weighted by molar-refractivity contribution is 0.0963. The Morgan fingerprint density at radius 3 is 3.00 bits per heavy atom. The number of carbonyl (C=O) groups is 1. The Morgan fingerprint density at radius 1 is 1.40 bits per heavy atom. The van der Waals surface area contributed by atoms with Crippen molar-refractivity contribution in [2.75, 3.05) is 0 Å². The molecule has 1 atom stereocenters. The third-order valence-corrected chi connectivity index (χ3v) is 4.10. The van der Waals surface area contributed by atoms with Gasteiger partial charge in [0.25, 0.3) is 5.91 Å². The summed E-state index contributed by atoms with van der Waals surface area (Å²) in [7, 11) is 0. The Morgan fingerprint density at radius 2 is 2.20 bits per heavy atom. The maximum atomic E-state index is 12.5. The number of para-hydroxylation sites is 1. The molecule has 1 N–H and O–H groups in total. The summed E-state index contributed by atoms with van der Waals surface area (Å²) in [4.78, 5) is 16.7. The van der Waals surface area contributed by atoms with Gasteiger partial charge in [0.2, 0.25) is 0 Å². The Bertz CT molecular complexity index is 760. The highest BCUT2D eigenvalue weighted by atomic mass is 32.1. The number of fused-ring (bicyclic) bond motifs is 1. The van der Waals surface area contributed by atoms with E-state index in [1.165, 1.54) is 11.3 Å². The Kier molecular flexibility index (Phi) is 3.38. The zero-order valence-corrected chi connectivity index (χ0v) is 11.8. The van der Waals surface area contributed by atoms with E-state index in [1.54, 1.807) is 16.1 Å². The summed E-state index contributed by atoms with van der Waals surface area (Å²) < 4.78 is 1.59. The van der Waals surface area contributed by atoms with Crippen LogP contribution in [0.3, 0.4) is 0 Å². The first kappa shape index (κ1) is 13.0. The largest absolute Gasteiger partial charge is 0.387 e. The van der Waals surface area contributed by atoms with Crippen LogP contribution in [0, 0.1) is 0 Å². The van der Waals surface area contributed by atoms with Crippen molar-refractivity contribution < 1.29 is 9.90 Å². The van der Waals surface area contributed by atoms with E-state index < -0.39 is 6.10 Å². The van der Waals surface area contributed by atoms with E-state index in [0.717, 1.165) is 10.9 Å². The van der Waals surface area contributed by atoms with Crippen LogP contribution in [0.1, 0.15) is 34.9 Å². The van der Waals surface area contributed by atoms with Gasteiger partial charge < -0.3 is 5.11 Å². The van der Waals surface area contributed by atoms with Gasteiger partial charge in [-0.2, -0.15) is 0 Å². The molecule has 0 saturated heterocycles. The van der Waals surface area contributed by atoms with Crippen molar-refractivity contribution in [2.45, 2.75) is 19.4 Å². The quantitative estimate of drug-likeness (QED) is 0.804. The van der Waals surface area contributed by atoms with E-state index in [1.807, 2.05) is 37.3 Å². The third kappa shape index (κ3) is 2.15. The highest BCUT2D eigenvalue weighted by Crippen LogP contribution is 2.22. The van der Waals surface area contributed by atoms with Crippen LogP contribution in [-0.2, 0) is 0 Å². The number of aliphatic hydroxyl groups is 1. The second-order valence-corrected chi connectivity index (χ2v) is 5.41. The van der Waals surface area contributed by atoms with Gasteiger partial charge in [-0.25, -0.2) is 4.98 Å². The molecule has 1 aromatic carbocycles. The second kappa shape index (κ2) is 5.19. The predicted octanol–water partition coefficient (Wildman–Crippen LogP) is 3.23. The van der Waals surface area contributed by atoms with Crippen molar-refractivity contribution in [1.29, 1.82) is 0 Å². The first-order valence-electron chi connectivity index (χ1n) is 6.45. The third-order valence-electron chi connectivity index (χ3n) is 3.25. The van der Waals surface area contributed by atoms with E-state index in [2.05, 4.69) is 4.98 Å². The van der Waals surface area contributed by atoms with E-state index in [4.69, 9.17) is 0 Å². The smallest absolute Gasteiger partial charge is 0.291 e. The number of hydrogen-bond donors (Lipinski definition) is 1. The zero-order valence-electron chi connectivity index (χ0n) is 11.0. The standard InChI is InChI=1S/C15H14N2O2S/c1-2-13(18)11-9-20-14(16-11)15(19)17-8-7-10-5-3-4-6-12(10)17/h3-9,13,18H,2H2,1H3/t13-/m0/s1. The van der Waals surface area contributed by atoms with Gasteiger partial charge in [0, 0.05) is 17.0 Å². The number of aromatic nitrogens is 2. The lowest BCUT2D eigenvalue weighted by atomic mass is 10.2. The maximum absolute atomic E-state index is 12.5. The van der Waals surface area contributed by atoms with Gasteiger partial charge in [0.05, 0.1) is 17.3 Å². The first-order valence-corrected chi connectivity index (χ1v) is 7.33. The molecule has 0 amide bonds. The predicted molar refractivity (Wildman–Crippen MR) is 79.0 cm³/mol. The molecule has 0 spiro atoms. The molecule has 0 fully saturated rings. The number of carbonyl (C=O) groups excluding carboxylic acids is 1. The van der Waals surface area contributed by atoms with Crippen LogP contribution in [0.2, 0.25) is 0 Å². The summed E-state index contributed by atoms with van der Waals surface area (Å²) in [6.45, 7) is 1.88. The van der Waals surface area contributed by atoms with Gasteiger partial charge in [0.1, 0.15) is 0 Å². The fourth-order valence-corrected chi connectivity index (χ4v) is 2.91. The molecule has 3 aromatic rings. The molecule has 0 aliphatic rings. The normalized spacial score (nSPS) is 12.7. The molecule has 0 saturated carbocycles. The molecule has 2 aromatic heterocycles. The zero-order chi connectivity index (χ0) is 14.1. The van der Waals surface area contributed by atoms with Gasteiger partial charge in [-0.05, 0) is 18.6 Å². The minimum atomic E-state index is -0.603. The number of nitrogens with zero attached hydrogens (tertiary/aromatic N) is 2. The van der Waals surface area contributed by atoms with E-state index >= 15 is 0 Å². The van der Waals surface area contributed by atoms with Crippen molar-refractivity contribution in [3.05, 3.63) is 52.6 Å². The maximum Gasteiger partial charge on any atom is 0.291 e. The fourth-order valence-electron chi connectivity index (χ4n) is 2.11. The summed E-state index contributed by atoms with van der Waals surface area (Å²) in [6, 6.07) is 9.62. The summed E-state index contributed by atoms with van der Waals surface area (Å²) in [6.07, 6.45) is 1.74. The number of benzene rings is 1. The monoisotopic (exact) mass is 286 g/mol. The summed E-state index contributed by atoms with van der Waals surface area (Å²) in [5.74, 6) is -0.161. The van der Waals surface area contributed by atoms with Crippen LogP contribution < -0.4 is 0 Å². The molecule has 0 radical (unpaired) electrons. The van der Waals surface area contributed by atoms with Crippen LogP contribution in [0.25, 0.3) is 10.9 Å². The fraction of sp³-hybridized carbons (Fsp3) is 0.200. The Hall–Kier alpha value is -1.98. The molecule has 0 bridgehead atoms. The lowest BCUT2D eigenvalue weighted by Crippen LogP contribution is -2.10. The molecule has 20 heavy (non-hydrogen) atoms. The van der Waals surface area contributed by atoms with E-state index in [-0.39, 0.29) is 5.91 Å². The molecular weight excluding hydrogens is 272 g/mol. The van der Waals surface area contributed by atoms with Gasteiger partial charge in [-0.3, -0.25) is 9.36 Å². The van der Waals surface area contributed by atoms with Crippen LogP contribution >= 0.6 is 11.3 Å². The number of thiazole rings is 1. The molecule has 102 valence electrons. The van der Waals surface area contributed by atoms with Crippen molar-refractivity contribution in [3.63, 3.8) is 0 Å². The van der Waals surface area contributed by atoms with Gasteiger partial charge >= 0.3 is 0 Å². The SMILES string of the molecule is CC[C@H](O)c1csc(C(=O)n2ccc3ccccc32)n1. The minimum absolute atomic E-state index is 0.161. The van der Waals surface area contributed by atoms with Crippen molar-refractivity contribution in [3.8, 4) is 0 Å². The molecule has 2 heterocycles. The van der Waals surface area contributed by atoms with Crippen LogP contribution in [0.15, 0.2) is 41.9 Å². The van der Waals surface area contributed by atoms with Gasteiger partial charge in [0.15, 0.2) is 5.01 Å². The van der Waals surface area contributed by atoms with E-state index in [9.17, 15) is 9.90 Å². The Labute approximate surface area is 120 Å². The van der Waals surface area contributed by atoms with Gasteiger partial charge in [-0.1, -0.05) is 25.1 Å². The Balaban J connectivity index is 1.98. The van der Waals surface area contributed by atoms with Crippen molar-refractivity contribution >= 4 is 28.1 Å². The molecule has 4 nitrogen and oxygen atoms in total. The second-order valence-electron chi connectivity index (χ2n) is 4.55. The molecule has 0 aliphatic carbocycles. The highest BCUT2D eigenvalue weighted by Gasteiger charge is 2.17. The molecule has 0 aliphatic heterocycles.